The van der Waals surface area contributed by atoms with E-state index in [-0.39, 0.29) is 24.0 Å². The van der Waals surface area contributed by atoms with Crippen molar-refractivity contribution in [2.45, 2.75) is 45.3 Å². The molecule has 1 amide bonds. The second kappa shape index (κ2) is 6.39. The van der Waals surface area contributed by atoms with Crippen LogP contribution in [0, 0.1) is 19.8 Å². The van der Waals surface area contributed by atoms with E-state index in [1.54, 1.807) is 0 Å². The first-order valence-electron chi connectivity index (χ1n) is 8.21. The molecule has 4 heteroatoms. The van der Waals surface area contributed by atoms with Gasteiger partial charge in [0, 0.05) is 30.7 Å². The van der Waals surface area contributed by atoms with Crippen LogP contribution in [0.5, 0.6) is 0 Å². The van der Waals surface area contributed by atoms with Gasteiger partial charge in [0.2, 0.25) is 0 Å². The van der Waals surface area contributed by atoms with Gasteiger partial charge in [-0.25, -0.2) is 0 Å². The third-order valence-electron chi connectivity index (χ3n) is 4.89. The molecule has 120 valence electrons. The summed E-state index contributed by atoms with van der Waals surface area (Å²) in [6.07, 6.45) is 2.28. The number of hydrogen-bond acceptors (Lipinski definition) is 3. The molecule has 2 saturated heterocycles. The standard InChI is InChI=1S/C18H25NO3/c1-12-8-13(2)10-14(9-12)18(21)19-6-3-4-16(19)15-11-22-7-5-17(15)20/h8-10,15-17,20H,3-7,11H2,1-2H3/t15-,16+,17+/m0/s1. The molecule has 1 aromatic carbocycles. The minimum absolute atomic E-state index is 0.0473. The largest absolute Gasteiger partial charge is 0.393 e. The van der Waals surface area contributed by atoms with Crippen LogP contribution in [0.3, 0.4) is 0 Å². The monoisotopic (exact) mass is 303 g/mol. The number of carbonyl (C=O) groups excluding carboxylic acids is 1. The van der Waals surface area contributed by atoms with Gasteiger partial charge in [-0.15, -0.1) is 0 Å². The van der Waals surface area contributed by atoms with Crippen LogP contribution in [0.2, 0.25) is 0 Å². The molecular formula is C18H25NO3. The second-order valence-electron chi connectivity index (χ2n) is 6.68. The minimum Gasteiger partial charge on any atom is -0.393 e. The van der Waals surface area contributed by atoms with Crippen molar-refractivity contribution in [3.05, 3.63) is 34.9 Å². The molecule has 0 aromatic heterocycles. The molecule has 3 rings (SSSR count). The summed E-state index contributed by atoms with van der Waals surface area (Å²) in [5.74, 6) is 0.137. The number of nitrogens with zero attached hydrogens (tertiary/aromatic N) is 1. The van der Waals surface area contributed by atoms with Gasteiger partial charge in [-0.1, -0.05) is 17.2 Å². The van der Waals surface area contributed by atoms with E-state index in [0.717, 1.165) is 36.1 Å². The van der Waals surface area contributed by atoms with Crippen molar-refractivity contribution >= 4 is 5.91 Å². The fraction of sp³-hybridized carbons (Fsp3) is 0.611. The number of likely N-dealkylation sites (tertiary alicyclic amines) is 1. The summed E-state index contributed by atoms with van der Waals surface area (Å²) in [7, 11) is 0. The number of ether oxygens (including phenoxy) is 1. The van der Waals surface area contributed by atoms with Gasteiger partial charge in [-0.3, -0.25) is 4.79 Å². The first-order valence-corrected chi connectivity index (χ1v) is 8.21. The van der Waals surface area contributed by atoms with E-state index in [1.165, 1.54) is 0 Å². The topological polar surface area (TPSA) is 49.8 Å². The van der Waals surface area contributed by atoms with Crippen molar-refractivity contribution in [3.63, 3.8) is 0 Å². The Balaban J connectivity index is 1.81. The van der Waals surface area contributed by atoms with Gasteiger partial charge < -0.3 is 14.7 Å². The van der Waals surface area contributed by atoms with E-state index in [1.807, 2.05) is 30.9 Å². The number of aliphatic hydroxyl groups is 1. The van der Waals surface area contributed by atoms with E-state index >= 15 is 0 Å². The van der Waals surface area contributed by atoms with Crippen molar-refractivity contribution in [2.75, 3.05) is 19.8 Å². The maximum atomic E-state index is 12.9. The molecule has 22 heavy (non-hydrogen) atoms. The summed E-state index contributed by atoms with van der Waals surface area (Å²) < 4.78 is 5.54. The number of aryl methyl sites for hydroxylation is 2. The Morgan fingerprint density at radius 2 is 1.95 bits per heavy atom. The first-order chi connectivity index (χ1) is 10.6. The SMILES string of the molecule is Cc1cc(C)cc(C(=O)N2CCC[C@@H]2[C@@H]2COCC[C@H]2O)c1. The van der Waals surface area contributed by atoms with Crippen LogP contribution in [0.4, 0.5) is 0 Å². The molecule has 2 heterocycles. The molecule has 3 atom stereocenters. The second-order valence-corrected chi connectivity index (χ2v) is 6.68. The molecule has 0 bridgehead atoms. The summed E-state index contributed by atoms with van der Waals surface area (Å²) in [6.45, 7) is 5.99. The van der Waals surface area contributed by atoms with Crippen LogP contribution >= 0.6 is 0 Å². The molecule has 0 saturated carbocycles. The zero-order valence-electron chi connectivity index (χ0n) is 13.4. The van der Waals surface area contributed by atoms with Gasteiger partial charge in [-0.2, -0.15) is 0 Å². The molecule has 0 radical (unpaired) electrons. The van der Waals surface area contributed by atoms with E-state index in [4.69, 9.17) is 4.74 Å². The highest BCUT2D eigenvalue weighted by atomic mass is 16.5. The van der Waals surface area contributed by atoms with Gasteiger partial charge in [-0.05, 0) is 45.2 Å². The number of amides is 1. The Kier molecular flexibility index (Phi) is 4.50. The molecular weight excluding hydrogens is 278 g/mol. The maximum absolute atomic E-state index is 12.9. The lowest BCUT2D eigenvalue weighted by atomic mass is 9.89. The van der Waals surface area contributed by atoms with Crippen LogP contribution in [0.1, 0.15) is 40.7 Å². The maximum Gasteiger partial charge on any atom is 0.254 e. The highest BCUT2D eigenvalue weighted by Gasteiger charge is 2.39. The summed E-state index contributed by atoms with van der Waals surface area (Å²) in [6, 6.07) is 6.09. The number of benzene rings is 1. The Hall–Kier alpha value is -1.39. The molecule has 1 N–H and O–H groups in total. The van der Waals surface area contributed by atoms with Crippen molar-refractivity contribution in [3.8, 4) is 0 Å². The van der Waals surface area contributed by atoms with Gasteiger partial charge in [0.1, 0.15) is 0 Å². The lowest BCUT2D eigenvalue weighted by Gasteiger charge is -2.37. The fourth-order valence-electron chi connectivity index (χ4n) is 3.87. The lowest BCUT2D eigenvalue weighted by Crippen LogP contribution is -2.48. The highest BCUT2D eigenvalue weighted by Crippen LogP contribution is 2.31. The summed E-state index contributed by atoms with van der Waals surface area (Å²) in [4.78, 5) is 14.9. The Labute approximate surface area is 132 Å². The average Bonchev–Trinajstić information content (AvgIpc) is 2.95. The predicted octanol–water partition coefficient (Wildman–Crippen LogP) is 2.31. The molecule has 0 aliphatic carbocycles. The van der Waals surface area contributed by atoms with Gasteiger partial charge >= 0.3 is 0 Å². The Morgan fingerprint density at radius 3 is 2.64 bits per heavy atom. The fourth-order valence-corrected chi connectivity index (χ4v) is 3.87. The van der Waals surface area contributed by atoms with Crippen LogP contribution < -0.4 is 0 Å². The van der Waals surface area contributed by atoms with Gasteiger partial charge in [0.25, 0.3) is 5.91 Å². The molecule has 4 nitrogen and oxygen atoms in total. The van der Waals surface area contributed by atoms with Crippen LogP contribution in [0.25, 0.3) is 0 Å². The van der Waals surface area contributed by atoms with Crippen molar-refractivity contribution < 1.29 is 14.6 Å². The van der Waals surface area contributed by atoms with E-state index in [9.17, 15) is 9.90 Å². The third kappa shape index (κ3) is 3.03. The molecule has 2 fully saturated rings. The number of rotatable bonds is 2. The zero-order valence-corrected chi connectivity index (χ0v) is 13.4. The number of carbonyl (C=O) groups is 1. The van der Waals surface area contributed by atoms with Crippen molar-refractivity contribution in [2.24, 2.45) is 5.92 Å². The molecule has 2 aliphatic rings. The molecule has 2 aliphatic heterocycles. The smallest absolute Gasteiger partial charge is 0.254 e. The third-order valence-corrected chi connectivity index (χ3v) is 4.89. The average molecular weight is 303 g/mol. The predicted molar refractivity (Wildman–Crippen MR) is 84.9 cm³/mol. The van der Waals surface area contributed by atoms with Crippen LogP contribution in [-0.2, 0) is 4.74 Å². The Bertz CT molecular complexity index is 537. The summed E-state index contributed by atoms with van der Waals surface area (Å²) >= 11 is 0. The van der Waals surface area contributed by atoms with E-state index in [0.29, 0.717) is 19.6 Å². The molecule has 1 aromatic rings. The molecule has 0 spiro atoms. The summed E-state index contributed by atoms with van der Waals surface area (Å²) in [5.41, 5.74) is 2.98. The highest BCUT2D eigenvalue weighted by molar-refractivity contribution is 5.95. The van der Waals surface area contributed by atoms with Crippen LogP contribution in [0.15, 0.2) is 18.2 Å². The van der Waals surface area contributed by atoms with E-state index < -0.39 is 0 Å². The van der Waals surface area contributed by atoms with Crippen molar-refractivity contribution in [1.82, 2.24) is 4.90 Å². The normalized spacial score (nSPS) is 28.9. The molecule has 0 unspecified atom stereocenters. The zero-order chi connectivity index (χ0) is 15.7. The van der Waals surface area contributed by atoms with Crippen molar-refractivity contribution in [1.29, 1.82) is 0 Å². The van der Waals surface area contributed by atoms with E-state index in [2.05, 4.69) is 6.07 Å². The Morgan fingerprint density at radius 1 is 1.23 bits per heavy atom. The number of aliphatic hydroxyl groups excluding tert-OH is 1. The minimum atomic E-state index is -0.355. The quantitative estimate of drug-likeness (QED) is 0.912. The van der Waals surface area contributed by atoms with Crippen LogP contribution in [-0.4, -0.2) is 47.8 Å². The summed E-state index contributed by atoms with van der Waals surface area (Å²) in [5, 5.41) is 10.3. The number of hydrogen-bond donors (Lipinski definition) is 1. The van der Waals surface area contributed by atoms with Gasteiger partial charge in [0.15, 0.2) is 0 Å². The van der Waals surface area contributed by atoms with Gasteiger partial charge in [0.05, 0.1) is 12.7 Å². The first kappa shape index (κ1) is 15.5. The lowest BCUT2D eigenvalue weighted by molar-refractivity contribution is -0.0589.